The Labute approximate surface area is 87.2 Å². The molecule has 6 heteroatoms. The summed E-state index contributed by atoms with van der Waals surface area (Å²) in [6.07, 6.45) is -4.48. The lowest BCUT2D eigenvalue weighted by Crippen LogP contribution is -2.11. The quantitative estimate of drug-likeness (QED) is 0.771. The number of hydrogen-bond donors (Lipinski definition) is 0. The van der Waals surface area contributed by atoms with Gasteiger partial charge in [0.15, 0.2) is 5.69 Å². The Kier molecular flexibility index (Phi) is 3.36. The van der Waals surface area contributed by atoms with E-state index < -0.39 is 11.9 Å². The maximum Gasteiger partial charge on any atom is 0.437 e. The third kappa shape index (κ3) is 2.37. The Morgan fingerprint density at radius 3 is 2.50 bits per heavy atom. The number of aromatic nitrogens is 1. The second kappa shape index (κ2) is 4.16. The van der Waals surface area contributed by atoms with Crippen LogP contribution < -0.4 is 4.74 Å². The van der Waals surface area contributed by atoms with Crippen LogP contribution in [0.1, 0.15) is 11.4 Å². The van der Waals surface area contributed by atoms with Gasteiger partial charge < -0.3 is 4.74 Å². The summed E-state index contributed by atoms with van der Waals surface area (Å²) in [7, 11) is 1.18. The van der Waals surface area contributed by atoms with Crippen molar-refractivity contribution in [3.63, 3.8) is 0 Å². The molecule has 78 valence electrons. The fourth-order valence-corrected chi connectivity index (χ4v) is 1.24. The monoisotopic (exact) mass is 269 g/mol. The molecular formula is C8H7BrF3NO. The van der Waals surface area contributed by atoms with Gasteiger partial charge in [-0.25, -0.2) is 4.98 Å². The van der Waals surface area contributed by atoms with Crippen molar-refractivity contribution in [3.8, 4) is 5.75 Å². The number of nitrogens with zero attached hydrogens (tertiary/aromatic N) is 1. The molecular weight excluding hydrogens is 263 g/mol. The fraction of sp³-hybridized carbons (Fsp3) is 0.375. The lowest BCUT2D eigenvalue weighted by molar-refractivity contribution is -0.142. The highest BCUT2D eigenvalue weighted by molar-refractivity contribution is 9.08. The molecule has 0 unspecified atom stereocenters. The van der Waals surface area contributed by atoms with Gasteiger partial charge >= 0.3 is 6.18 Å². The van der Waals surface area contributed by atoms with Crippen molar-refractivity contribution in [2.24, 2.45) is 0 Å². The van der Waals surface area contributed by atoms with Crippen LogP contribution in [0.4, 0.5) is 13.2 Å². The summed E-state index contributed by atoms with van der Waals surface area (Å²) in [5.74, 6) is -0.262. The maximum atomic E-state index is 12.4. The molecule has 0 aliphatic heterocycles. The van der Waals surface area contributed by atoms with Crippen LogP contribution in [0.2, 0.25) is 0 Å². The van der Waals surface area contributed by atoms with Gasteiger partial charge in [0.05, 0.1) is 12.8 Å². The molecule has 2 nitrogen and oxygen atoms in total. The first kappa shape index (κ1) is 11.3. The summed E-state index contributed by atoms with van der Waals surface area (Å²) >= 11 is 3.03. The third-order valence-electron chi connectivity index (χ3n) is 1.54. The van der Waals surface area contributed by atoms with E-state index in [1.807, 2.05) is 0 Å². The lowest BCUT2D eigenvalue weighted by Gasteiger charge is -2.11. The van der Waals surface area contributed by atoms with Crippen molar-refractivity contribution < 1.29 is 17.9 Å². The van der Waals surface area contributed by atoms with E-state index in [9.17, 15) is 13.2 Å². The minimum atomic E-state index is -4.48. The van der Waals surface area contributed by atoms with Crippen LogP contribution in [0.25, 0.3) is 0 Å². The zero-order chi connectivity index (χ0) is 10.8. The Hall–Kier alpha value is -0.780. The molecule has 0 aliphatic carbocycles. The zero-order valence-electron chi connectivity index (χ0n) is 7.23. The van der Waals surface area contributed by atoms with Crippen molar-refractivity contribution in [2.75, 3.05) is 7.11 Å². The van der Waals surface area contributed by atoms with Gasteiger partial charge in [-0.05, 0) is 12.1 Å². The number of methoxy groups -OCH3 is 1. The molecule has 0 saturated carbocycles. The summed E-state index contributed by atoms with van der Waals surface area (Å²) in [5, 5.41) is 0.278. The molecule has 1 heterocycles. The molecule has 0 atom stereocenters. The predicted molar refractivity (Wildman–Crippen MR) is 48.4 cm³/mol. The molecule has 0 aliphatic rings. The highest BCUT2D eigenvalue weighted by Crippen LogP contribution is 2.34. The summed E-state index contributed by atoms with van der Waals surface area (Å²) in [6.45, 7) is 0. The first-order chi connectivity index (χ1) is 6.49. The molecule has 0 spiro atoms. The number of alkyl halides is 4. The first-order valence-corrected chi connectivity index (χ1v) is 4.78. The van der Waals surface area contributed by atoms with E-state index in [-0.39, 0.29) is 11.1 Å². The Morgan fingerprint density at radius 1 is 1.43 bits per heavy atom. The Morgan fingerprint density at radius 2 is 2.07 bits per heavy atom. The van der Waals surface area contributed by atoms with Gasteiger partial charge in [0.25, 0.3) is 0 Å². The Balaban J connectivity index is 3.22. The van der Waals surface area contributed by atoms with E-state index in [0.717, 1.165) is 0 Å². The molecule has 14 heavy (non-hydrogen) atoms. The number of rotatable bonds is 2. The van der Waals surface area contributed by atoms with Gasteiger partial charge in [-0.3, -0.25) is 0 Å². The molecule has 0 aromatic carbocycles. The minimum Gasteiger partial charge on any atom is -0.494 e. The van der Waals surface area contributed by atoms with Crippen LogP contribution in [0.15, 0.2) is 12.1 Å². The van der Waals surface area contributed by atoms with Gasteiger partial charge in [0.1, 0.15) is 5.75 Å². The van der Waals surface area contributed by atoms with Crippen molar-refractivity contribution in [2.45, 2.75) is 11.5 Å². The van der Waals surface area contributed by atoms with Gasteiger partial charge in [0.2, 0.25) is 0 Å². The lowest BCUT2D eigenvalue weighted by atomic mass is 10.3. The normalized spacial score (nSPS) is 11.5. The van der Waals surface area contributed by atoms with Crippen LogP contribution >= 0.6 is 15.9 Å². The highest BCUT2D eigenvalue weighted by Gasteiger charge is 2.36. The minimum absolute atomic E-state index is 0.262. The van der Waals surface area contributed by atoms with E-state index in [1.165, 1.54) is 19.2 Å². The van der Waals surface area contributed by atoms with Crippen LogP contribution in [-0.4, -0.2) is 12.1 Å². The molecule has 0 fully saturated rings. The third-order valence-corrected chi connectivity index (χ3v) is 2.12. The summed E-state index contributed by atoms with van der Waals surface area (Å²) in [5.41, 5.74) is -0.671. The van der Waals surface area contributed by atoms with Crippen LogP contribution in [0.3, 0.4) is 0 Å². The average Bonchev–Trinajstić information content (AvgIpc) is 2.15. The van der Waals surface area contributed by atoms with E-state index in [1.54, 1.807) is 0 Å². The molecule has 0 saturated heterocycles. The largest absolute Gasteiger partial charge is 0.494 e. The molecule has 1 rings (SSSR count). The topological polar surface area (TPSA) is 22.1 Å². The van der Waals surface area contributed by atoms with E-state index in [2.05, 4.69) is 25.7 Å². The first-order valence-electron chi connectivity index (χ1n) is 3.66. The van der Waals surface area contributed by atoms with E-state index >= 15 is 0 Å². The number of hydrogen-bond acceptors (Lipinski definition) is 2. The molecule has 1 aromatic rings. The fourth-order valence-electron chi connectivity index (χ4n) is 0.929. The van der Waals surface area contributed by atoms with Crippen LogP contribution in [0.5, 0.6) is 5.75 Å². The second-order valence-electron chi connectivity index (χ2n) is 2.48. The van der Waals surface area contributed by atoms with Crippen molar-refractivity contribution in [1.82, 2.24) is 4.98 Å². The molecule has 0 bridgehead atoms. The zero-order valence-corrected chi connectivity index (χ0v) is 8.82. The second-order valence-corrected chi connectivity index (χ2v) is 3.05. The number of pyridine rings is 1. The van der Waals surface area contributed by atoms with Crippen LogP contribution in [0, 0.1) is 0 Å². The smallest absolute Gasteiger partial charge is 0.437 e. The number of ether oxygens (including phenoxy) is 1. The van der Waals surface area contributed by atoms with Gasteiger partial charge in [0, 0.05) is 5.33 Å². The molecule has 1 aromatic heterocycles. The summed E-state index contributed by atoms with van der Waals surface area (Å²) in [6, 6.07) is 2.73. The summed E-state index contributed by atoms with van der Waals surface area (Å²) < 4.78 is 41.8. The maximum absolute atomic E-state index is 12.4. The molecule has 0 amide bonds. The van der Waals surface area contributed by atoms with Gasteiger partial charge in [-0.15, -0.1) is 0 Å². The van der Waals surface area contributed by atoms with Gasteiger partial charge in [-0.2, -0.15) is 13.2 Å². The average molecular weight is 270 g/mol. The Bertz CT molecular complexity index is 327. The van der Waals surface area contributed by atoms with Crippen molar-refractivity contribution in [1.29, 1.82) is 0 Å². The summed E-state index contributed by atoms with van der Waals surface area (Å²) in [4.78, 5) is 3.44. The van der Waals surface area contributed by atoms with Crippen molar-refractivity contribution >= 4 is 15.9 Å². The van der Waals surface area contributed by atoms with Gasteiger partial charge in [-0.1, -0.05) is 15.9 Å². The van der Waals surface area contributed by atoms with E-state index in [0.29, 0.717) is 5.69 Å². The van der Waals surface area contributed by atoms with Crippen molar-refractivity contribution in [3.05, 3.63) is 23.5 Å². The van der Waals surface area contributed by atoms with Crippen LogP contribution in [-0.2, 0) is 11.5 Å². The molecule has 0 radical (unpaired) electrons. The highest BCUT2D eigenvalue weighted by atomic mass is 79.9. The number of halogens is 4. The molecule has 0 N–H and O–H groups in total. The predicted octanol–water partition coefficient (Wildman–Crippen LogP) is 3.00. The standard InChI is InChI=1S/C8H7BrF3NO/c1-14-6-3-2-5(4-9)13-7(6)8(10,11)12/h2-3H,4H2,1H3. The SMILES string of the molecule is COc1ccc(CBr)nc1C(F)(F)F. The van der Waals surface area contributed by atoms with E-state index in [4.69, 9.17) is 0 Å².